The summed E-state index contributed by atoms with van der Waals surface area (Å²) in [7, 11) is 1.36. The van der Waals surface area contributed by atoms with Gasteiger partial charge in [0.1, 0.15) is 0 Å². The molecular weight excluding hydrogens is 202 g/mol. The summed E-state index contributed by atoms with van der Waals surface area (Å²) in [5.74, 6) is 0. The fourth-order valence-electron chi connectivity index (χ4n) is 1.24. The number of nitrogens with zero attached hydrogens (tertiary/aromatic N) is 1. The van der Waals surface area contributed by atoms with Crippen molar-refractivity contribution in [1.82, 2.24) is 4.90 Å². The third kappa shape index (κ3) is 3.61. The first-order valence-electron chi connectivity index (χ1n) is 4.95. The number of rotatable bonds is 4. The van der Waals surface area contributed by atoms with Gasteiger partial charge in [-0.05, 0) is 11.6 Å². The van der Waals surface area contributed by atoms with Crippen LogP contribution in [-0.4, -0.2) is 18.1 Å². The van der Waals surface area contributed by atoms with Crippen molar-refractivity contribution in [2.75, 3.05) is 7.11 Å². The van der Waals surface area contributed by atoms with Gasteiger partial charge in [-0.3, -0.25) is 4.90 Å². The van der Waals surface area contributed by atoms with Crippen molar-refractivity contribution in [1.29, 1.82) is 0 Å². The van der Waals surface area contributed by atoms with E-state index >= 15 is 0 Å². The van der Waals surface area contributed by atoms with Crippen LogP contribution in [0.15, 0.2) is 55.3 Å². The summed E-state index contributed by atoms with van der Waals surface area (Å²) in [6.45, 7) is 4.04. The zero-order valence-electron chi connectivity index (χ0n) is 9.30. The molecule has 0 saturated heterocycles. The molecule has 0 radical (unpaired) electrons. The van der Waals surface area contributed by atoms with E-state index in [-0.39, 0.29) is 6.09 Å². The van der Waals surface area contributed by atoms with Gasteiger partial charge < -0.3 is 4.74 Å². The van der Waals surface area contributed by atoms with Crippen LogP contribution in [0.3, 0.4) is 0 Å². The molecule has 0 bridgehead atoms. The minimum Gasteiger partial charge on any atom is -0.452 e. The maximum absolute atomic E-state index is 11.4. The van der Waals surface area contributed by atoms with Gasteiger partial charge in [0.25, 0.3) is 0 Å². The van der Waals surface area contributed by atoms with Crippen molar-refractivity contribution in [3.63, 3.8) is 0 Å². The Kier molecular flexibility index (Phi) is 4.86. The summed E-state index contributed by atoms with van der Waals surface area (Å²) in [6.07, 6.45) is 4.56. The van der Waals surface area contributed by atoms with E-state index in [4.69, 9.17) is 0 Å². The number of ether oxygens (including phenoxy) is 1. The van der Waals surface area contributed by atoms with E-state index in [9.17, 15) is 4.79 Å². The Morgan fingerprint density at radius 3 is 2.69 bits per heavy atom. The molecule has 0 saturated carbocycles. The van der Waals surface area contributed by atoms with Gasteiger partial charge in [0.05, 0.1) is 13.7 Å². The van der Waals surface area contributed by atoms with Crippen molar-refractivity contribution >= 4 is 6.09 Å². The van der Waals surface area contributed by atoms with E-state index in [1.165, 1.54) is 12.0 Å². The lowest BCUT2D eigenvalue weighted by Gasteiger charge is -2.16. The first-order valence-corrected chi connectivity index (χ1v) is 4.95. The molecule has 0 spiro atoms. The van der Waals surface area contributed by atoms with Crippen molar-refractivity contribution < 1.29 is 9.53 Å². The summed E-state index contributed by atoms with van der Waals surface area (Å²) in [6, 6.07) is 9.71. The summed E-state index contributed by atoms with van der Waals surface area (Å²) in [5.41, 5.74) is 1.04. The van der Waals surface area contributed by atoms with Crippen molar-refractivity contribution in [2.24, 2.45) is 0 Å². The fourth-order valence-corrected chi connectivity index (χ4v) is 1.24. The average molecular weight is 217 g/mol. The number of carbonyl (C=O) groups is 1. The Bertz CT molecular complexity index is 371. The fraction of sp³-hybridized carbons (Fsp3) is 0.154. The van der Waals surface area contributed by atoms with E-state index in [0.29, 0.717) is 6.54 Å². The predicted molar refractivity (Wildman–Crippen MR) is 63.7 cm³/mol. The molecule has 16 heavy (non-hydrogen) atoms. The van der Waals surface area contributed by atoms with Gasteiger partial charge in [0.15, 0.2) is 0 Å². The van der Waals surface area contributed by atoms with E-state index in [2.05, 4.69) is 11.3 Å². The number of hydrogen-bond donors (Lipinski definition) is 0. The molecule has 0 N–H and O–H groups in total. The molecule has 3 heteroatoms. The molecule has 0 unspecified atom stereocenters. The molecule has 0 aliphatic carbocycles. The van der Waals surface area contributed by atoms with Gasteiger partial charge in [0.2, 0.25) is 0 Å². The molecule has 84 valence electrons. The van der Waals surface area contributed by atoms with Gasteiger partial charge >= 0.3 is 6.09 Å². The smallest absolute Gasteiger partial charge is 0.413 e. The third-order valence-electron chi connectivity index (χ3n) is 2.01. The Morgan fingerprint density at radius 2 is 2.12 bits per heavy atom. The molecule has 1 rings (SSSR count). The van der Waals surface area contributed by atoms with Crippen molar-refractivity contribution in [3.05, 3.63) is 60.8 Å². The quantitative estimate of drug-likeness (QED) is 0.726. The molecule has 1 aromatic rings. The SMILES string of the molecule is C=C/C=C/N(Cc1ccccc1)C(=O)OC. The van der Waals surface area contributed by atoms with Crippen LogP contribution >= 0.6 is 0 Å². The van der Waals surface area contributed by atoms with Gasteiger partial charge in [0, 0.05) is 6.20 Å². The van der Waals surface area contributed by atoms with Crippen molar-refractivity contribution in [3.8, 4) is 0 Å². The summed E-state index contributed by atoms with van der Waals surface area (Å²) < 4.78 is 4.68. The molecule has 0 atom stereocenters. The normalized spacial score (nSPS) is 10.1. The van der Waals surface area contributed by atoms with E-state index in [0.717, 1.165) is 5.56 Å². The lowest BCUT2D eigenvalue weighted by molar-refractivity contribution is 0.138. The van der Waals surface area contributed by atoms with Crippen LogP contribution in [0.5, 0.6) is 0 Å². The number of benzene rings is 1. The topological polar surface area (TPSA) is 29.5 Å². The van der Waals surface area contributed by atoms with Gasteiger partial charge in [-0.15, -0.1) is 0 Å². The summed E-state index contributed by atoms with van der Waals surface area (Å²) in [5, 5.41) is 0. The second-order valence-corrected chi connectivity index (χ2v) is 3.16. The highest BCUT2D eigenvalue weighted by Gasteiger charge is 2.10. The number of carbonyl (C=O) groups excluding carboxylic acids is 1. The second-order valence-electron chi connectivity index (χ2n) is 3.16. The van der Waals surface area contributed by atoms with Crippen molar-refractivity contribution in [2.45, 2.75) is 6.54 Å². The zero-order chi connectivity index (χ0) is 11.8. The monoisotopic (exact) mass is 217 g/mol. The second kappa shape index (κ2) is 6.45. The predicted octanol–water partition coefficient (Wildman–Crippen LogP) is 2.95. The summed E-state index contributed by atoms with van der Waals surface area (Å²) >= 11 is 0. The van der Waals surface area contributed by atoms with Gasteiger partial charge in [-0.2, -0.15) is 0 Å². The van der Waals surface area contributed by atoms with Crippen LogP contribution in [0.25, 0.3) is 0 Å². The van der Waals surface area contributed by atoms with Crippen LogP contribution in [0.2, 0.25) is 0 Å². The first kappa shape index (κ1) is 12.0. The van der Waals surface area contributed by atoms with Gasteiger partial charge in [-0.25, -0.2) is 4.79 Å². The molecule has 0 aliphatic rings. The molecule has 0 heterocycles. The summed E-state index contributed by atoms with van der Waals surface area (Å²) in [4.78, 5) is 12.9. The van der Waals surface area contributed by atoms with E-state index < -0.39 is 0 Å². The Labute approximate surface area is 95.6 Å². The lowest BCUT2D eigenvalue weighted by atomic mass is 10.2. The number of hydrogen-bond acceptors (Lipinski definition) is 2. The Balaban J connectivity index is 2.74. The molecule has 3 nitrogen and oxygen atoms in total. The first-order chi connectivity index (χ1) is 7.77. The van der Waals surface area contributed by atoms with E-state index in [1.54, 1.807) is 18.4 Å². The number of amides is 1. The third-order valence-corrected chi connectivity index (χ3v) is 2.01. The largest absolute Gasteiger partial charge is 0.452 e. The van der Waals surface area contributed by atoms with Crippen LogP contribution in [-0.2, 0) is 11.3 Å². The number of methoxy groups -OCH3 is 1. The minimum atomic E-state index is -0.387. The maximum atomic E-state index is 11.4. The van der Waals surface area contributed by atoms with Gasteiger partial charge in [-0.1, -0.05) is 43.0 Å². The van der Waals surface area contributed by atoms with Crippen LogP contribution in [0.4, 0.5) is 4.79 Å². The van der Waals surface area contributed by atoms with E-state index in [1.807, 2.05) is 30.3 Å². The zero-order valence-corrected chi connectivity index (χ0v) is 9.30. The maximum Gasteiger partial charge on any atom is 0.413 e. The average Bonchev–Trinajstić information content (AvgIpc) is 2.34. The van der Waals surface area contributed by atoms with Crippen LogP contribution < -0.4 is 0 Å². The van der Waals surface area contributed by atoms with Crippen LogP contribution in [0.1, 0.15) is 5.56 Å². The molecule has 1 aromatic carbocycles. The molecule has 0 fully saturated rings. The number of allylic oxidation sites excluding steroid dienone is 2. The lowest BCUT2D eigenvalue weighted by Crippen LogP contribution is -2.24. The highest BCUT2D eigenvalue weighted by Crippen LogP contribution is 2.06. The molecule has 0 aromatic heterocycles. The van der Waals surface area contributed by atoms with Crippen LogP contribution in [0, 0.1) is 0 Å². The Hall–Kier alpha value is -2.03. The standard InChI is InChI=1S/C13H15NO2/c1-3-4-10-14(13(15)16-2)11-12-8-6-5-7-9-12/h3-10H,1,11H2,2H3/b10-4+. The molecule has 0 aliphatic heterocycles. The molecule has 1 amide bonds. The Morgan fingerprint density at radius 1 is 1.44 bits per heavy atom. The highest BCUT2D eigenvalue weighted by atomic mass is 16.5. The molecular formula is C13H15NO2. The minimum absolute atomic E-state index is 0.387. The highest BCUT2D eigenvalue weighted by molar-refractivity contribution is 5.68.